The Bertz CT molecular complexity index is 1860. The predicted molar refractivity (Wildman–Crippen MR) is 172 cm³/mol. The SMILES string of the molecule is CCCCc1nc(-c2cccc(OC)n2)cn1Cc1ccc(-c2ccccc2S(=O)(=O)Nc2noc(C)c2C)c(CCC)c1. The maximum absolute atomic E-state index is 13.6. The third-order valence-corrected chi connectivity index (χ3v) is 9.10. The van der Waals surface area contributed by atoms with E-state index in [1.54, 1.807) is 33.1 Å². The second-order valence-corrected chi connectivity index (χ2v) is 12.5. The number of hydrogen-bond acceptors (Lipinski definition) is 7. The molecule has 2 aromatic carbocycles. The van der Waals surface area contributed by atoms with E-state index in [1.807, 2.05) is 36.4 Å². The van der Waals surface area contributed by atoms with Gasteiger partial charge in [0, 0.05) is 36.4 Å². The number of hydrogen-bond donors (Lipinski definition) is 1. The fourth-order valence-electron chi connectivity index (χ4n) is 5.22. The first kappa shape index (κ1) is 31.0. The van der Waals surface area contributed by atoms with E-state index in [1.165, 1.54) is 0 Å². The van der Waals surface area contributed by atoms with E-state index in [9.17, 15) is 8.42 Å². The predicted octanol–water partition coefficient (Wildman–Crippen LogP) is 7.37. The number of pyridine rings is 1. The Morgan fingerprint density at radius 1 is 0.909 bits per heavy atom. The fraction of sp³-hybridized carbons (Fsp3) is 0.324. The highest BCUT2D eigenvalue weighted by molar-refractivity contribution is 7.92. The zero-order valence-corrected chi connectivity index (χ0v) is 26.7. The maximum atomic E-state index is 13.6. The second-order valence-electron chi connectivity index (χ2n) is 10.9. The fourth-order valence-corrected chi connectivity index (χ4v) is 6.50. The Morgan fingerprint density at radius 2 is 1.73 bits per heavy atom. The molecule has 0 unspecified atom stereocenters. The van der Waals surface area contributed by atoms with Crippen LogP contribution < -0.4 is 9.46 Å². The molecule has 0 radical (unpaired) electrons. The number of sulfonamides is 1. The molecule has 3 heterocycles. The average Bonchev–Trinajstić information content (AvgIpc) is 3.58. The summed E-state index contributed by atoms with van der Waals surface area (Å²) in [5.41, 5.74) is 5.98. The van der Waals surface area contributed by atoms with Crippen molar-refractivity contribution >= 4 is 15.8 Å². The normalized spacial score (nSPS) is 11.6. The number of nitrogens with one attached hydrogen (secondary N) is 1. The first-order valence-corrected chi connectivity index (χ1v) is 16.5. The van der Waals surface area contributed by atoms with Crippen molar-refractivity contribution in [3.05, 3.63) is 95.1 Å². The van der Waals surface area contributed by atoms with Gasteiger partial charge in [0.15, 0.2) is 5.82 Å². The molecule has 0 saturated carbocycles. The number of methoxy groups -OCH3 is 1. The van der Waals surface area contributed by atoms with E-state index >= 15 is 0 Å². The number of anilines is 1. The minimum Gasteiger partial charge on any atom is -0.481 e. The quantitative estimate of drug-likeness (QED) is 0.148. The number of aryl methyl sites for hydroxylation is 3. The molecular formula is C34H39N5O4S. The van der Waals surface area contributed by atoms with Crippen molar-refractivity contribution in [1.29, 1.82) is 0 Å². The lowest BCUT2D eigenvalue weighted by Gasteiger charge is -2.16. The Balaban J connectivity index is 1.50. The van der Waals surface area contributed by atoms with Crippen LogP contribution in [0.25, 0.3) is 22.5 Å². The van der Waals surface area contributed by atoms with Crippen LogP contribution in [-0.2, 0) is 29.4 Å². The molecule has 0 amide bonds. The molecule has 0 aliphatic heterocycles. The molecule has 0 fully saturated rings. The summed E-state index contributed by atoms with van der Waals surface area (Å²) in [4.78, 5) is 9.73. The molecule has 0 saturated heterocycles. The van der Waals surface area contributed by atoms with E-state index in [-0.39, 0.29) is 10.7 Å². The smallest absolute Gasteiger partial charge is 0.263 e. The van der Waals surface area contributed by atoms with Gasteiger partial charge >= 0.3 is 0 Å². The van der Waals surface area contributed by atoms with Crippen LogP contribution in [0.3, 0.4) is 0 Å². The van der Waals surface area contributed by atoms with Crippen LogP contribution in [0.15, 0.2) is 76.3 Å². The molecule has 0 aliphatic rings. The molecule has 44 heavy (non-hydrogen) atoms. The molecule has 1 N–H and O–H groups in total. The summed E-state index contributed by atoms with van der Waals surface area (Å²) in [5.74, 6) is 2.33. The summed E-state index contributed by atoms with van der Waals surface area (Å²) in [6.45, 7) is 8.47. The average molecular weight is 614 g/mol. The Morgan fingerprint density at radius 3 is 2.45 bits per heavy atom. The number of rotatable bonds is 13. The summed E-state index contributed by atoms with van der Waals surface area (Å²) in [6, 6.07) is 19.1. The zero-order valence-electron chi connectivity index (χ0n) is 25.9. The summed E-state index contributed by atoms with van der Waals surface area (Å²) in [6.07, 6.45) is 6.75. The number of ether oxygens (including phenoxy) is 1. The highest BCUT2D eigenvalue weighted by Gasteiger charge is 2.23. The van der Waals surface area contributed by atoms with Crippen molar-refractivity contribution in [3.8, 4) is 28.4 Å². The van der Waals surface area contributed by atoms with E-state index in [0.717, 1.165) is 66.0 Å². The van der Waals surface area contributed by atoms with Gasteiger partial charge in [0.2, 0.25) is 5.88 Å². The Hall–Kier alpha value is -4.44. The number of imidazole rings is 1. The van der Waals surface area contributed by atoms with Crippen molar-refractivity contribution in [3.63, 3.8) is 0 Å². The molecule has 9 nitrogen and oxygen atoms in total. The topological polar surface area (TPSA) is 112 Å². The number of benzene rings is 2. The first-order chi connectivity index (χ1) is 21.2. The number of aromatic nitrogens is 4. The van der Waals surface area contributed by atoms with Gasteiger partial charge in [-0.25, -0.2) is 18.4 Å². The molecule has 3 aromatic heterocycles. The van der Waals surface area contributed by atoms with Gasteiger partial charge in [0.05, 0.1) is 17.7 Å². The highest BCUT2D eigenvalue weighted by atomic mass is 32.2. The van der Waals surface area contributed by atoms with Gasteiger partial charge in [-0.05, 0) is 55.5 Å². The standard InChI is InChI=1S/C34H39N5O4S/c1-6-8-16-32-35-30(29-14-11-17-33(36-29)42-5)22-39(32)21-25-18-19-27(26(20-25)12-7-2)28-13-9-10-15-31(28)44(40,41)38-34-23(3)24(4)43-37-34/h9-11,13-15,17-20,22H,6-8,12,16,21H2,1-5H3,(H,37,38). The van der Waals surface area contributed by atoms with Gasteiger partial charge < -0.3 is 13.8 Å². The van der Waals surface area contributed by atoms with Gasteiger partial charge in [0.1, 0.15) is 17.3 Å². The highest BCUT2D eigenvalue weighted by Crippen LogP contribution is 2.33. The van der Waals surface area contributed by atoms with E-state index in [0.29, 0.717) is 29.3 Å². The third kappa shape index (κ3) is 6.70. The molecule has 0 spiro atoms. The van der Waals surface area contributed by atoms with Crippen LogP contribution in [0, 0.1) is 13.8 Å². The Kier molecular flexibility index (Phi) is 9.49. The summed E-state index contributed by atoms with van der Waals surface area (Å²) >= 11 is 0. The lowest BCUT2D eigenvalue weighted by Crippen LogP contribution is -2.15. The minimum atomic E-state index is -3.93. The van der Waals surface area contributed by atoms with Gasteiger partial charge in [-0.1, -0.05) is 74.3 Å². The number of nitrogens with zero attached hydrogens (tertiary/aromatic N) is 4. The van der Waals surface area contributed by atoms with Crippen molar-refractivity contribution < 1.29 is 17.7 Å². The molecule has 0 atom stereocenters. The van der Waals surface area contributed by atoms with Crippen LogP contribution in [0.4, 0.5) is 5.82 Å². The lowest BCUT2D eigenvalue weighted by atomic mass is 9.94. The maximum Gasteiger partial charge on any atom is 0.263 e. The molecule has 0 aliphatic carbocycles. The summed E-state index contributed by atoms with van der Waals surface area (Å²) < 4.78 is 42.5. The van der Waals surface area contributed by atoms with Gasteiger partial charge in [-0.15, -0.1) is 0 Å². The van der Waals surface area contributed by atoms with Crippen molar-refractivity contribution in [2.24, 2.45) is 0 Å². The van der Waals surface area contributed by atoms with Crippen molar-refractivity contribution in [2.75, 3.05) is 11.8 Å². The summed E-state index contributed by atoms with van der Waals surface area (Å²) in [5, 5.41) is 3.90. The van der Waals surface area contributed by atoms with Gasteiger partial charge in [0.25, 0.3) is 10.0 Å². The van der Waals surface area contributed by atoms with Gasteiger partial charge in [-0.3, -0.25) is 4.72 Å². The lowest BCUT2D eigenvalue weighted by molar-refractivity contribution is 0.398. The van der Waals surface area contributed by atoms with Crippen LogP contribution in [0.2, 0.25) is 0 Å². The molecule has 5 rings (SSSR count). The van der Waals surface area contributed by atoms with E-state index in [2.05, 4.69) is 51.6 Å². The first-order valence-electron chi connectivity index (χ1n) is 15.0. The molecular weight excluding hydrogens is 574 g/mol. The number of unbranched alkanes of at least 4 members (excludes halogenated alkanes) is 1. The molecule has 10 heteroatoms. The van der Waals surface area contributed by atoms with Crippen LogP contribution in [0.5, 0.6) is 5.88 Å². The Labute approximate surface area is 259 Å². The van der Waals surface area contributed by atoms with Gasteiger partial charge in [-0.2, -0.15) is 0 Å². The van der Waals surface area contributed by atoms with Crippen LogP contribution in [-0.4, -0.2) is 35.2 Å². The van der Waals surface area contributed by atoms with Crippen molar-refractivity contribution in [2.45, 2.75) is 71.2 Å². The monoisotopic (exact) mass is 613 g/mol. The minimum absolute atomic E-state index is 0.192. The van der Waals surface area contributed by atoms with Crippen LogP contribution >= 0.6 is 0 Å². The molecule has 230 valence electrons. The molecule has 0 bridgehead atoms. The third-order valence-electron chi connectivity index (χ3n) is 7.71. The second kappa shape index (κ2) is 13.5. The zero-order chi connectivity index (χ0) is 31.3. The van der Waals surface area contributed by atoms with Crippen molar-refractivity contribution in [1.82, 2.24) is 19.7 Å². The molecule has 5 aromatic rings. The van der Waals surface area contributed by atoms with E-state index < -0.39 is 10.0 Å². The van der Waals surface area contributed by atoms with Crippen LogP contribution in [0.1, 0.15) is 61.4 Å². The largest absolute Gasteiger partial charge is 0.481 e. The van der Waals surface area contributed by atoms with E-state index in [4.69, 9.17) is 14.2 Å². The summed E-state index contributed by atoms with van der Waals surface area (Å²) in [7, 11) is -2.33.